The predicted molar refractivity (Wildman–Crippen MR) is 105 cm³/mol. The molecule has 3 heteroatoms. The SMILES string of the molecule is CC.CC1CCN(C(C)c2ccccc2)C1=O.COc1ccccc1. The van der Waals surface area contributed by atoms with Gasteiger partial charge < -0.3 is 9.64 Å². The number of rotatable bonds is 3. The number of hydrogen-bond donors (Lipinski definition) is 0. The zero-order valence-electron chi connectivity index (χ0n) is 16.1. The minimum Gasteiger partial charge on any atom is -0.497 e. The molecule has 0 bridgehead atoms. The molecule has 1 amide bonds. The van der Waals surface area contributed by atoms with Crippen molar-refractivity contribution < 1.29 is 9.53 Å². The van der Waals surface area contributed by atoms with E-state index < -0.39 is 0 Å². The van der Waals surface area contributed by atoms with E-state index in [0.717, 1.165) is 18.7 Å². The van der Waals surface area contributed by atoms with E-state index in [1.165, 1.54) is 5.56 Å². The Kier molecular flexibility index (Phi) is 9.38. The highest BCUT2D eigenvalue weighted by atomic mass is 16.5. The Morgan fingerprint density at radius 1 is 1.00 bits per heavy atom. The van der Waals surface area contributed by atoms with Gasteiger partial charge in [-0.2, -0.15) is 0 Å². The topological polar surface area (TPSA) is 29.5 Å². The van der Waals surface area contributed by atoms with Gasteiger partial charge in [-0.25, -0.2) is 0 Å². The standard InChI is InChI=1S/C13H17NO.C7H8O.C2H6/c1-10-8-9-14(13(10)15)11(2)12-6-4-3-5-7-12;1-8-7-5-3-2-4-6-7;1-2/h3-7,10-11H,8-9H2,1-2H3;2-6H,1H3;1-2H3. The van der Waals surface area contributed by atoms with E-state index >= 15 is 0 Å². The molecule has 2 atom stereocenters. The second kappa shape index (κ2) is 11.3. The van der Waals surface area contributed by atoms with Gasteiger partial charge in [0.1, 0.15) is 5.75 Å². The Morgan fingerprint density at radius 2 is 1.52 bits per heavy atom. The first kappa shape index (κ1) is 20.8. The fourth-order valence-electron chi connectivity index (χ4n) is 2.70. The minimum atomic E-state index is 0.205. The Hall–Kier alpha value is -2.29. The normalized spacial score (nSPS) is 16.9. The van der Waals surface area contributed by atoms with Crippen LogP contribution in [0, 0.1) is 5.92 Å². The number of likely N-dealkylation sites (tertiary alicyclic amines) is 1. The molecule has 25 heavy (non-hydrogen) atoms. The molecule has 3 rings (SSSR count). The fraction of sp³-hybridized carbons (Fsp3) is 0.409. The summed E-state index contributed by atoms with van der Waals surface area (Å²) in [4.78, 5) is 13.8. The number of benzene rings is 2. The Balaban J connectivity index is 0.000000264. The molecular weight excluding hydrogens is 310 g/mol. The molecule has 1 aliphatic heterocycles. The van der Waals surface area contributed by atoms with Crippen LogP contribution in [-0.4, -0.2) is 24.5 Å². The van der Waals surface area contributed by atoms with Crippen LogP contribution < -0.4 is 4.74 Å². The lowest BCUT2D eigenvalue weighted by Gasteiger charge is -2.24. The van der Waals surface area contributed by atoms with Crippen LogP contribution >= 0.6 is 0 Å². The van der Waals surface area contributed by atoms with E-state index in [4.69, 9.17) is 4.74 Å². The molecule has 3 nitrogen and oxygen atoms in total. The molecule has 1 heterocycles. The van der Waals surface area contributed by atoms with Crippen molar-refractivity contribution in [1.29, 1.82) is 0 Å². The van der Waals surface area contributed by atoms with E-state index in [2.05, 4.69) is 19.1 Å². The van der Waals surface area contributed by atoms with Gasteiger partial charge in [-0.15, -0.1) is 0 Å². The Bertz CT molecular complexity index is 598. The summed E-state index contributed by atoms with van der Waals surface area (Å²) >= 11 is 0. The van der Waals surface area contributed by atoms with Crippen LogP contribution in [-0.2, 0) is 4.79 Å². The number of nitrogens with zero attached hydrogens (tertiary/aromatic N) is 1. The largest absolute Gasteiger partial charge is 0.497 e. The summed E-state index contributed by atoms with van der Waals surface area (Å²) < 4.78 is 4.91. The number of amides is 1. The number of methoxy groups -OCH3 is 1. The van der Waals surface area contributed by atoms with E-state index in [-0.39, 0.29) is 12.0 Å². The zero-order chi connectivity index (χ0) is 18.7. The van der Waals surface area contributed by atoms with Crippen molar-refractivity contribution in [3.8, 4) is 5.75 Å². The molecule has 0 radical (unpaired) electrons. The molecule has 2 aromatic carbocycles. The highest BCUT2D eigenvalue weighted by Crippen LogP contribution is 2.27. The zero-order valence-corrected chi connectivity index (χ0v) is 16.1. The van der Waals surface area contributed by atoms with Crippen molar-refractivity contribution in [2.45, 2.75) is 40.2 Å². The quantitative estimate of drug-likeness (QED) is 0.754. The smallest absolute Gasteiger partial charge is 0.225 e. The van der Waals surface area contributed by atoms with Crippen molar-refractivity contribution in [3.63, 3.8) is 0 Å². The fourth-order valence-corrected chi connectivity index (χ4v) is 2.70. The van der Waals surface area contributed by atoms with Crippen molar-refractivity contribution >= 4 is 5.91 Å². The third-order valence-corrected chi connectivity index (χ3v) is 4.24. The van der Waals surface area contributed by atoms with Crippen LogP contribution in [0.3, 0.4) is 0 Å². The van der Waals surface area contributed by atoms with E-state index in [9.17, 15) is 4.79 Å². The highest BCUT2D eigenvalue weighted by Gasteiger charge is 2.31. The molecule has 1 fully saturated rings. The predicted octanol–water partition coefficient (Wildman–Crippen LogP) is 5.34. The summed E-state index contributed by atoms with van der Waals surface area (Å²) in [5.74, 6) is 1.41. The molecule has 0 N–H and O–H groups in total. The van der Waals surface area contributed by atoms with Crippen molar-refractivity contribution in [2.75, 3.05) is 13.7 Å². The lowest BCUT2D eigenvalue weighted by atomic mass is 10.1. The summed E-state index contributed by atoms with van der Waals surface area (Å²) in [7, 11) is 1.66. The first-order valence-corrected chi connectivity index (χ1v) is 9.08. The number of hydrogen-bond acceptors (Lipinski definition) is 2. The summed E-state index contributed by atoms with van der Waals surface area (Å²) in [5.41, 5.74) is 1.22. The Labute approximate surface area is 152 Å². The molecule has 2 unspecified atom stereocenters. The highest BCUT2D eigenvalue weighted by molar-refractivity contribution is 5.80. The summed E-state index contributed by atoms with van der Waals surface area (Å²) in [6.07, 6.45) is 0.996. The molecule has 2 aromatic rings. The Morgan fingerprint density at radius 3 is 1.92 bits per heavy atom. The molecular formula is C22H31NO2. The lowest BCUT2D eigenvalue weighted by Crippen LogP contribution is -2.29. The van der Waals surface area contributed by atoms with Crippen LogP contribution in [0.1, 0.15) is 45.7 Å². The van der Waals surface area contributed by atoms with Crippen LogP contribution in [0.25, 0.3) is 0 Å². The first-order valence-electron chi connectivity index (χ1n) is 9.08. The lowest BCUT2D eigenvalue weighted by molar-refractivity contribution is -0.132. The van der Waals surface area contributed by atoms with Gasteiger partial charge in [0.05, 0.1) is 13.2 Å². The van der Waals surface area contributed by atoms with Gasteiger partial charge >= 0.3 is 0 Å². The van der Waals surface area contributed by atoms with Crippen LogP contribution in [0.2, 0.25) is 0 Å². The summed E-state index contributed by atoms with van der Waals surface area (Å²) in [6.45, 7) is 9.02. The average molecular weight is 341 g/mol. The third-order valence-electron chi connectivity index (χ3n) is 4.24. The third kappa shape index (κ3) is 6.26. The number of carbonyl (C=O) groups is 1. The van der Waals surface area contributed by atoms with Gasteiger partial charge in [-0.05, 0) is 31.0 Å². The van der Waals surface area contributed by atoms with Crippen LogP contribution in [0.4, 0.5) is 0 Å². The first-order chi connectivity index (χ1) is 12.1. The van der Waals surface area contributed by atoms with Crippen molar-refractivity contribution in [1.82, 2.24) is 4.90 Å². The van der Waals surface area contributed by atoms with Gasteiger partial charge in [0.15, 0.2) is 0 Å². The van der Waals surface area contributed by atoms with Gasteiger partial charge in [-0.1, -0.05) is 69.3 Å². The van der Waals surface area contributed by atoms with E-state index in [0.29, 0.717) is 5.91 Å². The van der Waals surface area contributed by atoms with Gasteiger partial charge in [-0.3, -0.25) is 4.79 Å². The molecule has 1 saturated heterocycles. The van der Waals surface area contributed by atoms with Crippen LogP contribution in [0.15, 0.2) is 60.7 Å². The number of ether oxygens (including phenoxy) is 1. The van der Waals surface area contributed by atoms with Crippen molar-refractivity contribution in [3.05, 3.63) is 66.2 Å². The van der Waals surface area contributed by atoms with E-state index in [1.807, 2.05) is 74.2 Å². The monoisotopic (exact) mass is 341 g/mol. The maximum Gasteiger partial charge on any atom is 0.225 e. The van der Waals surface area contributed by atoms with Gasteiger partial charge in [0, 0.05) is 12.5 Å². The average Bonchev–Trinajstić information content (AvgIpc) is 3.03. The van der Waals surface area contributed by atoms with Gasteiger partial charge in [0.2, 0.25) is 5.91 Å². The summed E-state index contributed by atoms with van der Waals surface area (Å²) in [6, 6.07) is 20.1. The molecule has 1 aliphatic rings. The van der Waals surface area contributed by atoms with Crippen molar-refractivity contribution in [2.24, 2.45) is 5.92 Å². The number of para-hydroxylation sites is 1. The second-order valence-corrected chi connectivity index (χ2v) is 5.83. The summed E-state index contributed by atoms with van der Waals surface area (Å²) in [5, 5.41) is 0. The maximum atomic E-state index is 11.8. The molecule has 0 spiro atoms. The van der Waals surface area contributed by atoms with Crippen LogP contribution in [0.5, 0.6) is 5.75 Å². The van der Waals surface area contributed by atoms with Gasteiger partial charge in [0.25, 0.3) is 0 Å². The van der Waals surface area contributed by atoms with E-state index in [1.54, 1.807) is 7.11 Å². The minimum absolute atomic E-state index is 0.205. The molecule has 0 aromatic heterocycles. The molecule has 0 aliphatic carbocycles. The second-order valence-electron chi connectivity index (χ2n) is 5.83. The molecule has 0 saturated carbocycles. The number of carbonyl (C=O) groups excluding carboxylic acids is 1. The molecule has 136 valence electrons. The maximum absolute atomic E-state index is 11.8.